The second kappa shape index (κ2) is 4.74. The van der Waals surface area contributed by atoms with Crippen LogP contribution in [-0.2, 0) is 4.79 Å². The molecule has 2 rings (SSSR count). The highest BCUT2D eigenvalue weighted by molar-refractivity contribution is 9.10. The van der Waals surface area contributed by atoms with E-state index >= 15 is 0 Å². The Morgan fingerprint density at radius 2 is 2.11 bits per heavy atom. The van der Waals surface area contributed by atoms with Crippen molar-refractivity contribution in [1.82, 2.24) is 0 Å². The Hall–Kier alpha value is -1.33. The molecule has 94 valence electrons. The van der Waals surface area contributed by atoms with E-state index in [2.05, 4.69) is 15.9 Å². The number of hydrogen-bond acceptors (Lipinski definition) is 4. The Bertz CT molecular complexity index is 705. The molecule has 0 saturated carbocycles. The molecule has 0 fully saturated rings. The number of carbonyl (C=O) groups is 1. The highest BCUT2D eigenvalue weighted by Crippen LogP contribution is 2.32. The molecule has 0 aliphatic rings. The van der Waals surface area contributed by atoms with Gasteiger partial charge in [-0.05, 0) is 34.5 Å². The Labute approximate surface area is 116 Å². The van der Waals surface area contributed by atoms with Gasteiger partial charge < -0.3 is 9.15 Å². The van der Waals surface area contributed by atoms with E-state index < -0.39 is 11.6 Å². The fraction of sp³-hybridized carbons (Fsp3) is 0.167. The SMILES string of the molecule is CC(=O)Oc1cc2oc(=O)c(Cl)c(C)c2cc1Br. The van der Waals surface area contributed by atoms with Crippen molar-refractivity contribution in [3.63, 3.8) is 0 Å². The van der Waals surface area contributed by atoms with Crippen molar-refractivity contribution in [3.8, 4) is 5.75 Å². The average molecular weight is 332 g/mol. The van der Waals surface area contributed by atoms with Crippen LogP contribution < -0.4 is 10.4 Å². The molecule has 4 nitrogen and oxygen atoms in total. The van der Waals surface area contributed by atoms with Gasteiger partial charge in [0.2, 0.25) is 0 Å². The van der Waals surface area contributed by atoms with Gasteiger partial charge in [-0.2, -0.15) is 0 Å². The molecule has 0 saturated heterocycles. The Morgan fingerprint density at radius 3 is 2.72 bits per heavy atom. The maximum atomic E-state index is 11.5. The Balaban J connectivity index is 2.76. The molecule has 0 N–H and O–H groups in total. The molecule has 1 heterocycles. The van der Waals surface area contributed by atoms with Gasteiger partial charge in [0.05, 0.1) is 4.47 Å². The molecule has 2 aromatic rings. The maximum absolute atomic E-state index is 11.5. The van der Waals surface area contributed by atoms with Crippen molar-refractivity contribution in [2.75, 3.05) is 0 Å². The summed E-state index contributed by atoms with van der Waals surface area (Å²) in [6.45, 7) is 3.01. The Kier molecular flexibility index (Phi) is 3.45. The molecule has 0 amide bonds. The molecule has 0 bridgehead atoms. The van der Waals surface area contributed by atoms with Crippen molar-refractivity contribution >= 4 is 44.5 Å². The molecule has 0 spiro atoms. The molecule has 1 aromatic carbocycles. The number of rotatable bonds is 1. The fourth-order valence-corrected chi connectivity index (χ4v) is 2.13. The van der Waals surface area contributed by atoms with E-state index in [0.717, 1.165) is 0 Å². The quantitative estimate of drug-likeness (QED) is 0.456. The number of carbonyl (C=O) groups excluding carboxylic acids is 1. The first-order valence-electron chi connectivity index (χ1n) is 5.01. The summed E-state index contributed by atoms with van der Waals surface area (Å²) in [5, 5.41) is 0.733. The first-order chi connectivity index (χ1) is 8.40. The van der Waals surface area contributed by atoms with Crippen LogP contribution in [0.4, 0.5) is 0 Å². The van der Waals surface area contributed by atoms with Crippen LogP contribution in [0.25, 0.3) is 11.0 Å². The van der Waals surface area contributed by atoms with Crippen molar-refractivity contribution in [3.05, 3.63) is 37.6 Å². The largest absolute Gasteiger partial charge is 0.425 e. The summed E-state index contributed by atoms with van der Waals surface area (Å²) in [6.07, 6.45) is 0. The molecular weight excluding hydrogens is 323 g/mol. The van der Waals surface area contributed by atoms with Gasteiger partial charge in [-0.1, -0.05) is 11.6 Å². The zero-order chi connectivity index (χ0) is 13.4. The average Bonchev–Trinajstić information content (AvgIpc) is 2.28. The minimum absolute atomic E-state index is 0.0506. The van der Waals surface area contributed by atoms with E-state index in [4.69, 9.17) is 20.8 Å². The van der Waals surface area contributed by atoms with Gasteiger partial charge >= 0.3 is 11.6 Å². The van der Waals surface area contributed by atoms with Crippen LogP contribution in [0.15, 0.2) is 25.8 Å². The lowest BCUT2D eigenvalue weighted by atomic mass is 10.1. The van der Waals surface area contributed by atoms with E-state index in [1.54, 1.807) is 13.0 Å². The van der Waals surface area contributed by atoms with Gasteiger partial charge in [0.15, 0.2) is 0 Å². The maximum Gasteiger partial charge on any atom is 0.355 e. The number of esters is 1. The summed E-state index contributed by atoms with van der Waals surface area (Å²) in [7, 11) is 0. The third kappa shape index (κ3) is 2.28. The summed E-state index contributed by atoms with van der Waals surface area (Å²) < 4.78 is 10.6. The molecule has 0 aliphatic carbocycles. The molecule has 1 aromatic heterocycles. The van der Waals surface area contributed by atoms with Crippen LogP contribution in [-0.4, -0.2) is 5.97 Å². The summed E-state index contributed by atoms with van der Waals surface area (Å²) in [5.74, 6) is -0.164. The van der Waals surface area contributed by atoms with E-state index in [0.29, 0.717) is 26.8 Å². The molecule has 0 atom stereocenters. The highest BCUT2D eigenvalue weighted by atomic mass is 79.9. The molecule has 0 unspecified atom stereocenters. The third-order valence-electron chi connectivity index (χ3n) is 2.40. The molecule has 18 heavy (non-hydrogen) atoms. The van der Waals surface area contributed by atoms with Crippen LogP contribution >= 0.6 is 27.5 Å². The first kappa shape index (κ1) is 13.1. The third-order valence-corrected chi connectivity index (χ3v) is 3.46. The highest BCUT2D eigenvalue weighted by Gasteiger charge is 2.13. The topological polar surface area (TPSA) is 56.5 Å². The van der Waals surface area contributed by atoms with Gasteiger partial charge in [-0.25, -0.2) is 4.79 Å². The predicted octanol–water partition coefficient (Wildman–Crippen LogP) is 3.44. The summed E-state index contributed by atoms with van der Waals surface area (Å²) in [5.41, 5.74) is 0.331. The van der Waals surface area contributed by atoms with Crippen molar-refractivity contribution in [1.29, 1.82) is 0 Å². The zero-order valence-corrected chi connectivity index (χ0v) is 11.9. The second-order valence-corrected chi connectivity index (χ2v) is 4.93. The van der Waals surface area contributed by atoms with E-state index in [1.165, 1.54) is 13.0 Å². The van der Waals surface area contributed by atoms with E-state index in [1.807, 2.05) is 0 Å². The van der Waals surface area contributed by atoms with Gasteiger partial charge in [0, 0.05) is 18.4 Å². The molecule has 0 aliphatic heterocycles. The normalized spacial score (nSPS) is 10.7. The van der Waals surface area contributed by atoms with Crippen LogP contribution in [0.3, 0.4) is 0 Å². The van der Waals surface area contributed by atoms with Crippen LogP contribution in [0.2, 0.25) is 5.02 Å². The number of aryl methyl sites for hydroxylation is 1. The summed E-state index contributed by atoms with van der Waals surface area (Å²) in [4.78, 5) is 22.4. The summed E-state index contributed by atoms with van der Waals surface area (Å²) >= 11 is 9.11. The van der Waals surface area contributed by atoms with Gasteiger partial charge in [0.1, 0.15) is 16.4 Å². The number of hydrogen-bond donors (Lipinski definition) is 0. The monoisotopic (exact) mass is 330 g/mol. The van der Waals surface area contributed by atoms with E-state index in [-0.39, 0.29) is 5.02 Å². The predicted molar refractivity (Wildman–Crippen MR) is 71.2 cm³/mol. The van der Waals surface area contributed by atoms with Crippen molar-refractivity contribution < 1.29 is 13.9 Å². The van der Waals surface area contributed by atoms with Crippen LogP contribution in [0, 0.1) is 6.92 Å². The second-order valence-electron chi connectivity index (χ2n) is 3.70. The number of ether oxygens (including phenoxy) is 1. The van der Waals surface area contributed by atoms with E-state index in [9.17, 15) is 9.59 Å². The standard InChI is InChI=1S/C12H8BrClO4/c1-5-7-3-8(13)10(17-6(2)15)4-9(7)18-12(16)11(5)14/h3-4H,1-2H3. The van der Waals surface area contributed by atoms with Crippen molar-refractivity contribution in [2.45, 2.75) is 13.8 Å². The van der Waals surface area contributed by atoms with Crippen molar-refractivity contribution in [2.24, 2.45) is 0 Å². The molecule has 0 radical (unpaired) electrons. The van der Waals surface area contributed by atoms with Gasteiger partial charge in [-0.3, -0.25) is 4.79 Å². The Morgan fingerprint density at radius 1 is 1.44 bits per heavy atom. The molecular formula is C12H8BrClO4. The minimum atomic E-state index is -0.613. The summed E-state index contributed by atoms with van der Waals surface area (Å²) in [6, 6.07) is 3.17. The zero-order valence-electron chi connectivity index (χ0n) is 9.54. The lowest BCUT2D eigenvalue weighted by Gasteiger charge is -2.07. The number of fused-ring (bicyclic) bond motifs is 1. The lowest BCUT2D eigenvalue weighted by Crippen LogP contribution is -2.04. The van der Waals surface area contributed by atoms with Crippen LogP contribution in [0.5, 0.6) is 5.75 Å². The lowest BCUT2D eigenvalue weighted by molar-refractivity contribution is -0.131. The number of benzene rings is 1. The fourth-order valence-electron chi connectivity index (χ4n) is 1.56. The van der Waals surface area contributed by atoms with Gasteiger partial charge in [-0.15, -0.1) is 0 Å². The van der Waals surface area contributed by atoms with Gasteiger partial charge in [0.25, 0.3) is 0 Å². The van der Waals surface area contributed by atoms with Crippen LogP contribution in [0.1, 0.15) is 12.5 Å². The smallest absolute Gasteiger partial charge is 0.355 e. The minimum Gasteiger partial charge on any atom is -0.425 e. The first-order valence-corrected chi connectivity index (χ1v) is 6.18. The number of halogens is 2. The molecule has 6 heteroatoms.